The normalized spacial score (nSPS) is 15.4. The first-order valence-corrected chi connectivity index (χ1v) is 9.48. The Kier molecular flexibility index (Phi) is 6.15. The van der Waals surface area contributed by atoms with E-state index >= 15 is 0 Å². The molecule has 1 N–H and O–H groups in total. The van der Waals surface area contributed by atoms with Gasteiger partial charge in [-0.05, 0) is 18.2 Å². The van der Waals surface area contributed by atoms with Crippen LogP contribution in [0, 0.1) is 0 Å². The van der Waals surface area contributed by atoms with Crippen molar-refractivity contribution < 1.29 is 19.4 Å². The first kappa shape index (κ1) is 19.4. The van der Waals surface area contributed by atoms with E-state index in [9.17, 15) is 9.59 Å². The number of halogens is 1. The van der Waals surface area contributed by atoms with Crippen molar-refractivity contribution in [2.45, 2.75) is 6.61 Å². The van der Waals surface area contributed by atoms with E-state index in [0.29, 0.717) is 21.2 Å². The molecule has 1 fully saturated rings. The van der Waals surface area contributed by atoms with Crippen molar-refractivity contribution in [2.24, 2.45) is 0 Å². The lowest BCUT2D eigenvalue weighted by Gasteiger charge is -2.11. The first-order chi connectivity index (χ1) is 13.0. The molecule has 5 nitrogen and oxygen atoms in total. The third kappa shape index (κ3) is 4.68. The van der Waals surface area contributed by atoms with E-state index in [4.69, 9.17) is 33.7 Å². The van der Waals surface area contributed by atoms with Gasteiger partial charge in [0.05, 0.1) is 4.91 Å². The summed E-state index contributed by atoms with van der Waals surface area (Å²) in [6.45, 7) is -0.169. The SMILES string of the molecule is O=C(O)CN1C(=O)C(=Cc2ccccc2OCc2ccccc2Cl)SC1=S. The summed E-state index contributed by atoms with van der Waals surface area (Å²) in [5, 5.41) is 9.53. The van der Waals surface area contributed by atoms with Gasteiger partial charge >= 0.3 is 5.97 Å². The van der Waals surface area contributed by atoms with E-state index < -0.39 is 18.4 Å². The number of amides is 1. The molecular weight excluding hydrogens is 406 g/mol. The number of hydrogen-bond donors (Lipinski definition) is 1. The second-order valence-electron chi connectivity index (χ2n) is 5.58. The summed E-state index contributed by atoms with van der Waals surface area (Å²) in [7, 11) is 0. The van der Waals surface area contributed by atoms with E-state index in [2.05, 4.69) is 0 Å². The number of ether oxygens (including phenoxy) is 1. The van der Waals surface area contributed by atoms with Gasteiger partial charge < -0.3 is 9.84 Å². The predicted molar refractivity (Wildman–Crippen MR) is 110 cm³/mol. The fraction of sp³-hybridized carbons (Fsp3) is 0.105. The number of nitrogens with zero attached hydrogens (tertiary/aromatic N) is 1. The second-order valence-corrected chi connectivity index (χ2v) is 7.66. The Labute approximate surface area is 170 Å². The molecule has 1 aliphatic heterocycles. The quantitative estimate of drug-likeness (QED) is 0.559. The zero-order chi connectivity index (χ0) is 19.4. The van der Waals surface area contributed by atoms with Crippen LogP contribution in [-0.2, 0) is 16.2 Å². The summed E-state index contributed by atoms with van der Waals surface area (Å²) in [4.78, 5) is 24.7. The molecule has 0 saturated carbocycles. The zero-order valence-corrected chi connectivity index (χ0v) is 16.3. The zero-order valence-electron chi connectivity index (χ0n) is 13.9. The Hall–Kier alpha value is -2.35. The summed E-state index contributed by atoms with van der Waals surface area (Å²) >= 11 is 12.3. The standard InChI is InChI=1S/C19H14ClNO4S2/c20-14-7-3-1-6-13(14)11-25-15-8-4-2-5-12(15)9-16-18(24)21(10-17(22)23)19(26)27-16/h1-9H,10-11H2,(H,22,23). The van der Waals surface area contributed by atoms with E-state index in [1.807, 2.05) is 36.4 Å². The van der Waals surface area contributed by atoms with E-state index in [1.165, 1.54) is 0 Å². The predicted octanol–water partition coefficient (Wildman–Crippen LogP) is 4.20. The van der Waals surface area contributed by atoms with Crippen molar-refractivity contribution in [1.82, 2.24) is 4.90 Å². The van der Waals surface area contributed by atoms with Gasteiger partial charge in [-0.25, -0.2) is 0 Å². The van der Waals surface area contributed by atoms with Crippen LogP contribution in [0.15, 0.2) is 53.4 Å². The van der Waals surface area contributed by atoms with Gasteiger partial charge in [0.15, 0.2) is 0 Å². The van der Waals surface area contributed by atoms with Gasteiger partial charge in [0.25, 0.3) is 5.91 Å². The molecule has 1 saturated heterocycles. The summed E-state index contributed by atoms with van der Waals surface area (Å²) in [6, 6.07) is 14.7. The highest BCUT2D eigenvalue weighted by Crippen LogP contribution is 2.34. The Balaban J connectivity index is 1.81. The maximum Gasteiger partial charge on any atom is 0.323 e. The Morgan fingerprint density at radius 1 is 1.22 bits per heavy atom. The van der Waals surface area contributed by atoms with E-state index in [1.54, 1.807) is 18.2 Å². The minimum Gasteiger partial charge on any atom is -0.488 e. The molecule has 1 amide bonds. The molecule has 0 unspecified atom stereocenters. The number of hydrogen-bond acceptors (Lipinski definition) is 5. The number of para-hydroxylation sites is 1. The van der Waals surface area contributed by atoms with Crippen molar-refractivity contribution in [3.05, 3.63) is 69.6 Å². The van der Waals surface area contributed by atoms with Crippen molar-refractivity contribution in [3.8, 4) is 5.75 Å². The highest BCUT2D eigenvalue weighted by atomic mass is 35.5. The highest BCUT2D eigenvalue weighted by Gasteiger charge is 2.33. The van der Waals surface area contributed by atoms with Crippen molar-refractivity contribution >= 4 is 57.9 Å². The number of carbonyl (C=O) groups excluding carboxylic acids is 1. The minimum absolute atomic E-state index is 0.225. The maximum absolute atomic E-state index is 12.4. The molecule has 0 aromatic heterocycles. The molecule has 0 bridgehead atoms. The smallest absolute Gasteiger partial charge is 0.323 e. The number of rotatable bonds is 6. The third-order valence-corrected chi connectivity index (χ3v) is 5.46. The molecule has 0 spiro atoms. The largest absolute Gasteiger partial charge is 0.488 e. The lowest BCUT2D eigenvalue weighted by atomic mass is 10.1. The molecule has 2 aromatic carbocycles. The summed E-state index contributed by atoms with van der Waals surface area (Å²) in [5.41, 5.74) is 1.54. The molecule has 138 valence electrons. The first-order valence-electron chi connectivity index (χ1n) is 7.88. The molecule has 0 radical (unpaired) electrons. The fourth-order valence-corrected chi connectivity index (χ4v) is 3.85. The van der Waals surface area contributed by atoms with E-state index in [0.717, 1.165) is 22.2 Å². The van der Waals surface area contributed by atoms with Gasteiger partial charge in [0, 0.05) is 16.1 Å². The van der Waals surface area contributed by atoms with Crippen LogP contribution in [0.1, 0.15) is 11.1 Å². The number of carboxylic acid groups (broad SMARTS) is 1. The van der Waals surface area contributed by atoms with Crippen LogP contribution in [0.5, 0.6) is 5.75 Å². The highest BCUT2D eigenvalue weighted by molar-refractivity contribution is 8.26. The number of aliphatic carboxylic acids is 1. The molecule has 1 aliphatic rings. The average molecular weight is 420 g/mol. The van der Waals surface area contributed by atoms with Crippen LogP contribution in [0.3, 0.4) is 0 Å². The molecule has 8 heteroatoms. The average Bonchev–Trinajstić information content (AvgIpc) is 2.89. The van der Waals surface area contributed by atoms with E-state index in [-0.39, 0.29) is 10.9 Å². The third-order valence-electron chi connectivity index (χ3n) is 3.71. The molecule has 0 aliphatic carbocycles. The van der Waals surface area contributed by atoms with Gasteiger partial charge in [-0.3, -0.25) is 14.5 Å². The number of thiocarbonyl (C=S) groups is 1. The Morgan fingerprint density at radius 3 is 2.67 bits per heavy atom. The molecule has 0 atom stereocenters. The molecular formula is C19H14ClNO4S2. The number of carbonyl (C=O) groups is 2. The van der Waals surface area contributed by atoms with Crippen molar-refractivity contribution in [1.29, 1.82) is 0 Å². The van der Waals surface area contributed by atoms with Crippen LogP contribution in [0.4, 0.5) is 0 Å². The second kappa shape index (κ2) is 8.56. The molecule has 2 aromatic rings. The monoisotopic (exact) mass is 419 g/mol. The van der Waals surface area contributed by atoms with Gasteiger partial charge in [-0.1, -0.05) is 72.0 Å². The Bertz CT molecular complexity index is 945. The van der Waals surface area contributed by atoms with Crippen LogP contribution >= 0.6 is 35.6 Å². The Morgan fingerprint density at radius 2 is 1.93 bits per heavy atom. The van der Waals surface area contributed by atoms with Crippen LogP contribution < -0.4 is 4.74 Å². The number of benzene rings is 2. The molecule has 1 heterocycles. The lowest BCUT2D eigenvalue weighted by molar-refractivity contribution is -0.140. The topological polar surface area (TPSA) is 66.8 Å². The summed E-state index contributed by atoms with van der Waals surface area (Å²) < 4.78 is 6.10. The van der Waals surface area contributed by atoms with Gasteiger partial charge in [-0.2, -0.15) is 0 Å². The van der Waals surface area contributed by atoms with Gasteiger partial charge in [0.1, 0.15) is 23.2 Å². The molecule has 3 rings (SSSR count). The minimum atomic E-state index is -1.11. The van der Waals surface area contributed by atoms with Gasteiger partial charge in [-0.15, -0.1) is 0 Å². The van der Waals surface area contributed by atoms with Crippen LogP contribution in [-0.4, -0.2) is 32.7 Å². The number of thioether (sulfide) groups is 1. The fourth-order valence-electron chi connectivity index (χ4n) is 2.41. The van der Waals surface area contributed by atoms with Crippen LogP contribution in [0.2, 0.25) is 5.02 Å². The van der Waals surface area contributed by atoms with Crippen LogP contribution in [0.25, 0.3) is 6.08 Å². The van der Waals surface area contributed by atoms with Crippen molar-refractivity contribution in [2.75, 3.05) is 6.54 Å². The number of carboxylic acids is 1. The molecule has 27 heavy (non-hydrogen) atoms. The maximum atomic E-state index is 12.4. The summed E-state index contributed by atoms with van der Waals surface area (Å²) in [6.07, 6.45) is 1.66. The lowest BCUT2D eigenvalue weighted by Crippen LogP contribution is -2.33. The van der Waals surface area contributed by atoms with Crippen molar-refractivity contribution in [3.63, 3.8) is 0 Å². The van der Waals surface area contributed by atoms with Gasteiger partial charge in [0.2, 0.25) is 0 Å². The summed E-state index contributed by atoms with van der Waals surface area (Å²) in [5.74, 6) is -0.953.